The van der Waals surface area contributed by atoms with Crippen LogP contribution in [0.25, 0.3) is 11.2 Å². The molecule has 9 N–H and O–H groups in total. The van der Waals surface area contributed by atoms with Gasteiger partial charge in [-0.15, -0.1) is 0 Å². The Morgan fingerprint density at radius 2 is 1.77 bits per heavy atom. The average Bonchev–Trinajstić information content (AvgIpc) is 3.53. The fourth-order valence-electron chi connectivity index (χ4n) is 4.43. The van der Waals surface area contributed by atoms with Gasteiger partial charge in [0.15, 0.2) is 23.6 Å². The first-order valence-corrected chi connectivity index (χ1v) is 14.1. The minimum absolute atomic E-state index is 0.0237. The zero-order chi connectivity index (χ0) is 28.9. The molecule has 0 aliphatic carbocycles. The number of anilines is 1. The molecule has 3 aromatic rings. The van der Waals surface area contributed by atoms with E-state index in [1.54, 1.807) is 0 Å². The SMILES string of the molecule is Nc1nc2c(ncn2[C@@H]2O[C@H](CO)[C@@H](OP(O)(=S)OC[C@H]3O[C@@H](n4ccc(=O)[nH]c4=O)[C@H](O)[C@@H]3O)[C@H]2O)c(=O)[nH]1. The van der Waals surface area contributed by atoms with E-state index >= 15 is 0 Å². The number of hydrogen-bond donors (Lipinski definition) is 8. The smallest absolute Gasteiger partial charge is 0.330 e. The van der Waals surface area contributed by atoms with Crippen molar-refractivity contribution < 1.29 is 43.8 Å². The zero-order valence-electron chi connectivity index (χ0n) is 20.1. The van der Waals surface area contributed by atoms with E-state index in [-0.39, 0.29) is 17.1 Å². The summed E-state index contributed by atoms with van der Waals surface area (Å²) < 4.78 is 23.9. The highest BCUT2D eigenvalue weighted by Crippen LogP contribution is 2.49. The van der Waals surface area contributed by atoms with E-state index in [2.05, 4.69) is 15.0 Å². The Balaban J connectivity index is 1.28. The normalized spacial score (nSPS) is 32.0. The highest BCUT2D eigenvalue weighted by molar-refractivity contribution is 8.07. The second-order valence-corrected chi connectivity index (χ2v) is 11.7. The van der Waals surface area contributed by atoms with Crippen LogP contribution in [0.5, 0.6) is 0 Å². The minimum atomic E-state index is -4.23. The average molecular weight is 605 g/mol. The first-order valence-electron chi connectivity index (χ1n) is 11.6. The van der Waals surface area contributed by atoms with Crippen LogP contribution in [0.1, 0.15) is 12.5 Å². The van der Waals surface area contributed by atoms with Crippen LogP contribution in [-0.4, -0.2) is 104 Å². The lowest BCUT2D eigenvalue weighted by molar-refractivity contribution is -0.0574. The number of nitrogen functional groups attached to an aromatic ring is 1. The Bertz CT molecular complexity index is 1620. The van der Waals surface area contributed by atoms with Crippen LogP contribution in [-0.2, 0) is 30.3 Å². The molecule has 0 spiro atoms. The van der Waals surface area contributed by atoms with Crippen molar-refractivity contribution >= 4 is 35.6 Å². The number of nitrogens with two attached hydrogens (primary N) is 1. The molecule has 0 radical (unpaired) electrons. The second-order valence-electron chi connectivity index (χ2n) is 8.91. The van der Waals surface area contributed by atoms with Crippen LogP contribution in [0.3, 0.4) is 0 Å². The van der Waals surface area contributed by atoms with Crippen LogP contribution in [0.15, 0.2) is 33.0 Å². The summed E-state index contributed by atoms with van der Waals surface area (Å²) in [5.74, 6) is -0.216. The number of aliphatic hydroxyl groups excluding tert-OH is 4. The standard InChI is InChI=1S/C19H24N7O12PS/c20-18-23-14-9(15(32)24-18)21-5-26(14)17-12(31)13(6(3-27)36-17)38-39(34,40)35-4-7-10(29)11(30)16(37-7)25-2-1-8(28)22-19(25)33/h1-2,5-7,10-13,16-17,27,29-31H,3-4H2,(H,34,40)(H,22,28,33)(H3,20,23,24,32)/t6-,7-,10-,11-,12-,13-,16-,17-,39?/m1/s1. The van der Waals surface area contributed by atoms with Crippen molar-refractivity contribution in [2.75, 3.05) is 18.9 Å². The summed E-state index contributed by atoms with van der Waals surface area (Å²) in [4.78, 5) is 58.3. The predicted octanol–water partition coefficient (Wildman–Crippen LogP) is -4.26. The first kappa shape index (κ1) is 28.6. The third-order valence-electron chi connectivity index (χ3n) is 6.33. The van der Waals surface area contributed by atoms with Gasteiger partial charge in [-0.3, -0.25) is 33.2 Å². The van der Waals surface area contributed by atoms with Gasteiger partial charge in [0.1, 0.15) is 36.6 Å². The number of aromatic amines is 2. The molecular weight excluding hydrogens is 581 g/mol. The highest BCUT2D eigenvalue weighted by Gasteiger charge is 2.49. The molecule has 1 unspecified atom stereocenters. The fraction of sp³-hybridized carbons (Fsp3) is 0.526. The molecule has 2 fully saturated rings. The number of ether oxygens (including phenoxy) is 2. The fourth-order valence-corrected chi connectivity index (χ4v) is 5.88. The third kappa shape index (κ3) is 5.27. The van der Waals surface area contributed by atoms with Crippen LogP contribution in [0.2, 0.25) is 0 Å². The number of rotatable bonds is 8. The Morgan fingerprint density at radius 3 is 2.48 bits per heavy atom. The van der Waals surface area contributed by atoms with E-state index in [0.717, 1.165) is 23.2 Å². The quantitative estimate of drug-likeness (QED) is 0.113. The highest BCUT2D eigenvalue weighted by atomic mass is 32.5. The van der Waals surface area contributed by atoms with Crippen molar-refractivity contribution in [2.45, 2.75) is 49.1 Å². The Labute approximate surface area is 226 Å². The number of aliphatic hydroxyl groups is 4. The maximum Gasteiger partial charge on any atom is 0.330 e. The molecule has 2 saturated heterocycles. The number of hydrogen-bond acceptors (Lipinski definition) is 15. The molecule has 218 valence electrons. The molecule has 0 bridgehead atoms. The number of nitrogens with one attached hydrogen (secondary N) is 2. The maximum atomic E-state index is 12.1. The third-order valence-corrected chi connectivity index (χ3v) is 7.89. The van der Waals surface area contributed by atoms with E-state index in [4.69, 9.17) is 36.1 Å². The van der Waals surface area contributed by atoms with Gasteiger partial charge in [-0.2, -0.15) is 4.98 Å². The number of aromatic nitrogens is 6. The first-order chi connectivity index (χ1) is 18.9. The largest absolute Gasteiger partial charge is 0.394 e. The van der Waals surface area contributed by atoms with Gasteiger partial charge in [-0.1, -0.05) is 0 Å². The molecule has 9 atom stereocenters. The molecule has 0 saturated carbocycles. The van der Waals surface area contributed by atoms with Gasteiger partial charge in [0, 0.05) is 12.3 Å². The van der Waals surface area contributed by atoms with Gasteiger partial charge in [0.25, 0.3) is 11.1 Å². The lowest BCUT2D eigenvalue weighted by atomic mass is 10.1. The molecule has 40 heavy (non-hydrogen) atoms. The van der Waals surface area contributed by atoms with Gasteiger partial charge in [-0.25, -0.2) is 9.78 Å². The summed E-state index contributed by atoms with van der Waals surface area (Å²) in [7, 11) is 0. The summed E-state index contributed by atoms with van der Waals surface area (Å²) in [6, 6.07) is 1.02. The van der Waals surface area contributed by atoms with Gasteiger partial charge in [0.2, 0.25) is 5.95 Å². The van der Waals surface area contributed by atoms with Crippen LogP contribution in [0.4, 0.5) is 5.95 Å². The molecule has 3 aromatic heterocycles. The van der Waals surface area contributed by atoms with E-state index in [1.807, 2.05) is 4.98 Å². The zero-order valence-corrected chi connectivity index (χ0v) is 21.8. The predicted molar refractivity (Wildman–Crippen MR) is 134 cm³/mol. The van der Waals surface area contributed by atoms with Crippen molar-refractivity contribution in [3.63, 3.8) is 0 Å². The molecular formula is C19H24N7O12PS. The van der Waals surface area contributed by atoms with Crippen molar-refractivity contribution in [1.82, 2.24) is 29.1 Å². The summed E-state index contributed by atoms with van der Waals surface area (Å²) in [6.45, 7) is -5.52. The topological polar surface area (TPSA) is 283 Å². The van der Waals surface area contributed by atoms with Crippen molar-refractivity contribution in [3.05, 3.63) is 49.8 Å². The Hall–Kier alpha value is -2.88. The second kappa shape index (κ2) is 10.8. The molecule has 19 nitrogen and oxygen atoms in total. The molecule has 2 aliphatic heterocycles. The number of H-pyrrole nitrogens is 2. The number of nitrogens with zero attached hydrogens (tertiary/aromatic N) is 4. The Kier molecular flexibility index (Phi) is 7.76. The summed E-state index contributed by atoms with van der Waals surface area (Å²) in [5.41, 5.74) is 3.28. The van der Waals surface area contributed by atoms with Crippen molar-refractivity contribution in [2.24, 2.45) is 0 Å². The van der Waals surface area contributed by atoms with Gasteiger partial charge in [0.05, 0.1) is 19.5 Å². The van der Waals surface area contributed by atoms with E-state index in [9.17, 15) is 39.7 Å². The van der Waals surface area contributed by atoms with Gasteiger partial charge >= 0.3 is 12.4 Å². The van der Waals surface area contributed by atoms with Gasteiger partial charge in [-0.05, 0) is 11.8 Å². The lowest BCUT2D eigenvalue weighted by Gasteiger charge is -2.26. The number of fused-ring (bicyclic) bond motifs is 1. The van der Waals surface area contributed by atoms with E-state index < -0.39 is 85.8 Å². The molecule has 5 rings (SSSR count). The van der Waals surface area contributed by atoms with Gasteiger partial charge < -0.3 is 45.1 Å². The van der Waals surface area contributed by atoms with E-state index in [0.29, 0.717) is 0 Å². The van der Waals surface area contributed by atoms with Crippen molar-refractivity contribution in [3.8, 4) is 0 Å². The van der Waals surface area contributed by atoms with Crippen LogP contribution < -0.4 is 22.5 Å². The summed E-state index contributed by atoms with van der Waals surface area (Å²) in [5, 5.41) is 41.5. The van der Waals surface area contributed by atoms with Crippen LogP contribution >= 0.6 is 6.72 Å². The van der Waals surface area contributed by atoms with E-state index in [1.165, 1.54) is 4.57 Å². The molecule has 21 heteroatoms. The van der Waals surface area contributed by atoms with Crippen molar-refractivity contribution in [1.29, 1.82) is 0 Å². The minimum Gasteiger partial charge on any atom is -0.394 e. The molecule has 5 heterocycles. The summed E-state index contributed by atoms with van der Waals surface area (Å²) in [6.07, 6.45) is -9.19. The van der Waals surface area contributed by atoms with Crippen LogP contribution in [0, 0.1) is 0 Å². The maximum absolute atomic E-state index is 12.1. The monoisotopic (exact) mass is 605 g/mol. The molecule has 0 amide bonds. The lowest BCUT2D eigenvalue weighted by Crippen LogP contribution is -2.37. The molecule has 0 aromatic carbocycles. The Morgan fingerprint density at radius 1 is 1.07 bits per heavy atom. The summed E-state index contributed by atoms with van der Waals surface area (Å²) >= 11 is 5.03. The number of imidazole rings is 1. The molecule has 2 aliphatic rings.